The average Bonchev–Trinajstić information content (AvgIpc) is 3.17. The Morgan fingerprint density at radius 1 is 1.30 bits per heavy atom. The molecule has 0 unspecified atom stereocenters. The van der Waals surface area contributed by atoms with Gasteiger partial charge in [-0.3, -0.25) is 9.78 Å². The smallest absolute Gasteiger partial charge is 0.255 e. The van der Waals surface area contributed by atoms with Crippen molar-refractivity contribution in [1.29, 1.82) is 0 Å². The second-order valence-electron chi connectivity index (χ2n) is 6.35. The van der Waals surface area contributed by atoms with E-state index in [4.69, 9.17) is 10.5 Å². The first-order valence-electron chi connectivity index (χ1n) is 8.80. The van der Waals surface area contributed by atoms with Crippen LogP contribution >= 0.6 is 36.2 Å². The average molecular weight is 432 g/mol. The molecule has 2 aromatic rings. The molecule has 1 aliphatic rings. The second-order valence-corrected chi connectivity index (χ2v) is 7.13. The molecule has 0 radical (unpaired) electrons. The number of carbonyl (C=O) groups excluding carboxylic acids is 1. The number of aryl methyl sites for hydroxylation is 1. The maximum absolute atomic E-state index is 12.8. The minimum absolute atomic E-state index is 0. The zero-order valence-corrected chi connectivity index (χ0v) is 17.9. The molecule has 3 rings (SSSR count). The lowest BCUT2D eigenvalue weighted by molar-refractivity contribution is 0.00842. The van der Waals surface area contributed by atoms with Crippen LogP contribution in [0.25, 0.3) is 11.3 Å². The minimum Gasteiger partial charge on any atom is -0.378 e. The van der Waals surface area contributed by atoms with E-state index in [2.05, 4.69) is 10.4 Å². The number of hydrogen-bond acceptors (Lipinski definition) is 5. The Kier molecular flexibility index (Phi) is 10.3. The van der Waals surface area contributed by atoms with Crippen LogP contribution in [0.4, 0.5) is 0 Å². The summed E-state index contributed by atoms with van der Waals surface area (Å²) in [7, 11) is 0. The molecule has 1 fully saturated rings. The highest BCUT2D eigenvalue weighted by molar-refractivity contribution is 7.08. The molecule has 3 heterocycles. The van der Waals surface area contributed by atoms with Crippen molar-refractivity contribution in [2.75, 3.05) is 26.2 Å². The predicted octanol–water partition coefficient (Wildman–Crippen LogP) is 3.93. The Morgan fingerprint density at radius 3 is 2.63 bits per heavy atom. The Balaban J connectivity index is 0.00000182. The standard InChI is InChI=1S/C19H25N3O2S.2ClH/c1-14-17(3-4-18(21-14)15-7-12-25-13-15)19(23)22-9-5-16(6-10-22)24-11-2-8-20;;/h3-4,7,12-13,16H,2,5-6,8-11,20H2,1H3;2*1H. The number of halogens is 2. The summed E-state index contributed by atoms with van der Waals surface area (Å²) in [6, 6.07) is 5.88. The van der Waals surface area contributed by atoms with Crippen molar-refractivity contribution in [3.63, 3.8) is 0 Å². The molecular weight excluding hydrogens is 405 g/mol. The van der Waals surface area contributed by atoms with Gasteiger partial charge in [-0.1, -0.05) is 0 Å². The van der Waals surface area contributed by atoms with Crippen LogP contribution < -0.4 is 5.73 Å². The molecule has 0 aromatic carbocycles. The number of hydrogen-bond donors (Lipinski definition) is 1. The summed E-state index contributed by atoms with van der Waals surface area (Å²) in [6.45, 7) is 4.74. The number of thiophene rings is 1. The van der Waals surface area contributed by atoms with Gasteiger partial charge in [0, 0.05) is 30.6 Å². The maximum Gasteiger partial charge on any atom is 0.255 e. The summed E-state index contributed by atoms with van der Waals surface area (Å²) in [4.78, 5) is 19.3. The van der Waals surface area contributed by atoms with Crippen LogP contribution in [-0.4, -0.2) is 48.1 Å². The Morgan fingerprint density at radius 2 is 2.04 bits per heavy atom. The van der Waals surface area contributed by atoms with E-state index in [1.807, 2.05) is 35.4 Å². The molecular formula is C19H27Cl2N3O2S. The molecule has 1 amide bonds. The van der Waals surface area contributed by atoms with E-state index in [0.29, 0.717) is 18.7 Å². The predicted molar refractivity (Wildman–Crippen MR) is 115 cm³/mol. The zero-order valence-electron chi connectivity index (χ0n) is 15.4. The molecule has 2 aromatic heterocycles. The maximum atomic E-state index is 12.8. The third kappa shape index (κ3) is 6.16. The van der Waals surface area contributed by atoms with Crippen molar-refractivity contribution in [3.8, 4) is 11.3 Å². The van der Waals surface area contributed by atoms with Crippen molar-refractivity contribution in [2.45, 2.75) is 32.3 Å². The van der Waals surface area contributed by atoms with Crippen LogP contribution in [0.2, 0.25) is 0 Å². The number of nitrogens with zero attached hydrogens (tertiary/aromatic N) is 2. The highest BCUT2D eigenvalue weighted by Gasteiger charge is 2.25. The van der Waals surface area contributed by atoms with Crippen LogP contribution in [0.3, 0.4) is 0 Å². The fourth-order valence-corrected chi connectivity index (χ4v) is 3.74. The van der Waals surface area contributed by atoms with Crippen LogP contribution in [0.1, 0.15) is 35.3 Å². The highest BCUT2D eigenvalue weighted by Crippen LogP contribution is 2.23. The summed E-state index contributed by atoms with van der Waals surface area (Å²) in [6.07, 6.45) is 2.90. The van der Waals surface area contributed by atoms with Gasteiger partial charge in [-0.15, -0.1) is 24.8 Å². The molecule has 0 bridgehead atoms. The molecule has 8 heteroatoms. The van der Waals surface area contributed by atoms with Crippen LogP contribution in [0.5, 0.6) is 0 Å². The number of nitrogens with two attached hydrogens (primary N) is 1. The Labute approximate surface area is 177 Å². The summed E-state index contributed by atoms with van der Waals surface area (Å²) in [5, 5.41) is 4.10. The van der Waals surface area contributed by atoms with E-state index in [0.717, 1.165) is 49.3 Å². The summed E-state index contributed by atoms with van der Waals surface area (Å²) >= 11 is 1.65. The van der Waals surface area contributed by atoms with Gasteiger partial charge in [-0.25, -0.2) is 0 Å². The lowest BCUT2D eigenvalue weighted by atomic mass is 10.0. The van der Waals surface area contributed by atoms with Gasteiger partial charge in [-0.2, -0.15) is 11.3 Å². The zero-order chi connectivity index (χ0) is 17.6. The number of piperidine rings is 1. The Bertz CT molecular complexity index is 705. The number of likely N-dealkylation sites (tertiary alicyclic amines) is 1. The number of ether oxygens (including phenoxy) is 1. The molecule has 0 spiro atoms. The molecule has 5 nitrogen and oxygen atoms in total. The van der Waals surface area contributed by atoms with E-state index >= 15 is 0 Å². The van der Waals surface area contributed by atoms with Crippen molar-refractivity contribution in [1.82, 2.24) is 9.88 Å². The minimum atomic E-state index is 0. The topological polar surface area (TPSA) is 68.5 Å². The number of carbonyl (C=O) groups is 1. The molecule has 27 heavy (non-hydrogen) atoms. The van der Waals surface area contributed by atoms with Crippen molar-refractivity contribution in [2.24, 2.45) is 5.73 Å². The van der Waals surface area contributed by atoms with E-state index in [1.54, 1.807) is 11.3 Å². The third-order valence-electron chi connectivity index (χ3n) is 4.56. The van der Waals surface area contributed by atoms with Gasteiger partial charge >= 0.3 is 0 Å². The normalized spacial score (nSPS) is 14.4. The van der Waals surface area contributed by atoms with Crippen molar-refractivity contribution >= 4 is 42.1 Å². The highest BCUT2D eigenvalue weighted by atomic mass is 35.5. The van der Waals surface area contributed by atoms with E-state index in [9.17, 15) is 4.79 Å². The van der Waals surface area contributed by atoms with E-state index in [1.165, 1.54) is 0 Å². The largest absolute Gasteiger partial charge is 0.378 e. The first-order valence-corrected chi connectivity index (χ1v) is 9.74. The van der Waals surface area contributed by atoms with E-state index in [-0.39, 0.29) is 36.8 Å². The summed E-state index contributed by atoms with van der Waals surface area (Å²) in [5.74, 6) is 0.0716. The monoisotopic (exact) mass is 431 g/mol. The van der Waals surface area contributed by atoms with Crippen molar-refractivity contribution in [3.05, 3.63) is 40.2 Å². The van der Waals surface area contributed by atoms with E-state index < -0.39 is 0 Å². The number of rotatable bonds is 6. The van der Waals surface area contributed by atoms with Gasteiger partial charge in [0.15, 0.2) is 0 Å². The summed E-state index contributed by atoms with van der Waals surface area (Å²) < 4.78 is 5.81. The first kappa shape index (κ1) is 23.9. The van der Waals surface area contributed by atoms with Crippen LogP contribution in [0.15, 0.2) is 29.0 Å². The number of pyridine rings is 1. The van der Waals surface area contributed by atoms with Gasteiger partial charge in [0.05, 0.1) is 23.1 Å². The molecule has 0 aliphatic carbocycles. The molecule has 2 N–H and O–H groups in total. The second kappa shape index (κ2) is 11.6. The molecule has 0 atom stereocenters. The van der Waals surface area contributed by atoms with Crippen LogP contribution in [0, 0.1) is 6.92 Å². The molecule has 150 valence electrons. The molecule has 1 aliphatic heterocycles. The number of amides is 1. The lowest BCUT2D eigenvalue weighted by Gasteiger charge is -2.32. The fraction of sp³-hybridized carbons (Fsp3) is 0.474. The van der Waals surface area contributed by atoms with Gasteiger partial charge in [0.2, 0.25) is 0 Å². The van der Waals surface area contributed by atoms with Gasteiger partial charge < -0.3 is 15.4 Å². The van der Waals surface area contributed by atoms with Gasteiger partial charge in [-0.05, 0) is 56.3 Å². The molecule has 0 saturated carbocycles. The van der Waals surface area contributed by atoms with Crippen molar-refractivity contribution < 1.29 is 9.53 Å². The SMILES string of the molecule is Cc1nc(-c2ccsc2)ccc1C(=O)N1CCC(OCCCN)CC1.Cl.Cl. The first-order chi connectivity index (χ1) is 12.2. The number of aromatic nitrogens is 1. The molecule has 1 saturated heterocycles. The third-order valence-corrected chi connectivity index (χ3v) is 5.25. The Hall–Kier alpha value is -1.18. The quantitative estimate of drug-likeness (QED) is 0.703. The summed E-state index contributed by atoms with van der Waals surface area (Å²) in [5.41, 5.74) is 8.99. The van der Waals surface area contributed by atoms with Gasteiger partial charge in [0.25, 0.3) is 5.91 Å². The fourth-order valence-electron chi connectivity index (χ4n) is 3.09. The van der Waals surface area contributed by atoms with Crippen LogP contribution in [-0.2, 0) is 4.74 Å². The lowest BCUT2D eigenvalue weighted by Crippen LogP contribution is -2.41. The van der Waals surface area contributed by atoms with Gasteiger partial charge in [0.1, 0.15) is 0 Å².